The van der Waals surface area contributed by atoms with Crippen LogP contribution in [-0.4, -0.2) is 39.9 Å². The molecule has 0 atom stereocenters. The number of hydrogen-bond acceptors (Lipinski definition) is 5. The third-order valence-corrected chi connectivity index (χ3v) is 5.36. The number of halogens is 1. The van der Waals surface area contributed by atoms with Gasteiger partial charge in [-0.25, -0.2) is 13.1 Å². The van der Waals surface area contributed by atoms with Gasteiger partial charge in [0.1, 0.15) is 4.21 Å². The molecule has 5 nitrogen and oxygen atoms in total. The van der Waals surface area contributed by atoms with Gasteiger partial charge in [0, 0.05) is 6.54 Å². The second kappa shape index (κ2) is 6.67. The van der Waals surface area contributed by atoms with Crippen molar-refractivity contribution >= 4 is 33.0 Å². The van der Waals surface area contributed by atoms with Gasteiger partial charge >= 0.3 is 0 Å². The number of nitrogens with one attached hydrogen (secondary N) is 1. The van der Waals surface area contributed by atoms with Crippen LogP contribution < -0.4 is 4.72 Å². The standard InChI is InChI=1S/C9H14ClNO4S2/c1-7-6-8(16-9(7)10)17(13,14)11-2-4-15-5-3-12/h6,11-12H,2-5H2,1H3. The van der Waals surface area contributed by atoms with Crippen LogP contribution in [0.5, 0.6) is 0 Å². The summed E-state index contributed by atoms with van der Waals surface area (Å²) in [6, 6.07) is 1.53. The third kappa shape index (κ3) is 4.53. The number of ether oxygens (including phenoxy) is 1. The fraction of sp³-hybridized carbons (Fsp3) is 0.556. The lowest BCUT2D eigenvalue weighted by molar-refractivity contribution is 0.0961. The van der Waals surface area contributed by atoms with E-state index in [2.05, 4.69) is 4.72 Å². The SMILES string of the molecule is Cc1cc(S(=O)(=O)NCCOCCO)sc1Cl. The molecule has 0 saturated carbocycles. The zero-order valence-electron chi connectivity index (χ0n) is 9.27. The van der Waals surface area contributed by atoms with E-state index in [-0.39, 0.29) is 30.6 Å². The predicted octanol–water partition coefficient (Wildman–Crippen LogP) is 0.997. The Morgan fingerprint density at radius 3 is 2.76 bits per heavy atom. The number of aliphatic hydroxyl groups is 1. The van der Waals surface area contributed by atoms with Crippen LogP contribution in [0, 0.1) is 6.92 Å². The predicted molar refractivity (Wildman–Crippen MR) is 67.2 cm³/mol. The van der Waals surface area contributed by atoms with E-state index in [0.717, 1.165) is 16.9 Å². The van der Waals surface area contributed by atoms with Crippen molar-refractivity contribution in [3.05, 3.63) is 16.0 Å². The molecule has 0 aliphatic rings. The number of thiophene rings is 1. The molecule has 0 bridgehead atoms. The molecular weight excluding hydrogens is 286 g/mol. The van der Waals surface area contributed by atoms with E-state index in [9.17, 15) is 8.42 Å². The van der Waals surface area contributed by atoms with Crippen molar-refractivity contribution in [3.8, 4) is 0 Å². The van der Waals surface area contributed by atoms with Gasteiger partial charge in [-0.2, -0.15) is 0 Å². The molecule has 0 radical (unpaired) electrons. The topological polar surface area (TPSA) is 75.6 Å². The zero-order chi connectivity index (χ0) is 12.9. The van der Waals surface area contributed by atoms with Crippen LogP contribution >= 0.6 is 22.9 Å². The highest BCUT2D eigenvalue weighted by atomic mass is 35.5. The molecule has 1 aromatic rings. The highest BCUT2D eigenvalue weighted by Crippen LogP contribution is 2.29. The largest absolute Gasteiger partial charge is 0.394 e. The van der Waals surface area contributed by atoms with E-state index < -0.39 is 10.0 Å². The first kappa shape index (κ1) is 14.9. The van der Waals surface area contributed by atoms with Crippen LogP contribution in [0.2, 0.25) is 4.34 Å². The van der Waals surface area contributed by atoms with Crippen LogP contribution in [0.3, 0.4) is 0 Å². The maximum atomic E-state index is 11.8. The van der Waals surface area contributed by atoms with Crippen molar-refractivity contribution in [2.75, 3.05) is 26.4 Å². The van der Waals surface area contributed by atoms with Gasteiger partial charge < -0.3 is 9.84 Å². The first-order valence-electron chi connectivity index (χ1n) is 4.91. The van der Waals surface area contributed by atoms with Crippen molar-refractivity contribution in [1.82, 2.24) is 4.72 Å². The van der Waals surface area contributed by atoms with Crippen molar-refractivity contribution < 1.29 is 18.3 Å². The molecule has 98 valence electrons. The summed E-state index contributed by atoms with van der Waals surface area (Å²) < 4.78 is 31.5. The molecule has 0 aromatic carbocycles. The first-order chi connectivity index (χ1) is 7.97. The second-order valence-corrected chi connectivity index (χ2v) is 6.90. The van der Waals surface area contributed by atoms with Gasteiger partial charge in [0.05, 0.1) is 24.2 Å². The molecule has 0 spiro atoms. The lowest BCUT2D eigenvalue weighted by Gasteiger charge is -2.04. The summed E-state index contributed by atoms with van der Waals surface area (Å²) >= 11 is 6.84. The van der Waals surface area contributed by atoms with E-state index in [0.29, 0.717) is 4.34 Å². The lowest BCUT2D eigenvalue weighted by atomic mass is 10.4. The molecule has 17 heavy (non-hydrogen) atoms. The molecule has 0 saturated heterocycles. The molecule has 1 aromatic heterocycles. The van der Waals surface area contributed by atoms with Gasteiger partial charge in [-0.1, -0.05) is 11.6 Å². The average molecular weight is 300 g/mol. The van der Waals surface area contributed by atoms with Gasteiger partial charge in [0.25, 0.3) is 0 Å². The third-order valence-electron chi connectivity index (χ3n) is 1.87. The van der Waals surface area contributed by atoms with Crippen LogP contribution in [0.4, 0.5) is 0 Å². The molecular formula is C9H14ClNO4S2. The van der Waals surface area contributed by atoms with Gasteiger partial charge in [-0.05, 0) is 18.6 Å². The monoisotopic (exact) mass is 299 g/mol. The van der Waals surface area contributed by atoms with E-state index in [1.807, 2.05) is 0 Å². The normalized spacial score (nSPS) is 11.9. The van der Waals surface area contributed by atoms with Gasteiger partial charge in [0.2, 0.25) is 10.0 Å². The fourth-order valence-electron chi connectivity index (χ4n) is 1.05. The van der Waals surface area contributed by atoms with Gasteiger partial charge in [-0.15, -0.1) is 11.3 Å². The van der Waals surface area contributed by atoms with Crippen LogP contribution in [0.1, 0.15) is 5.56 Å². The van der Waals surface area contributed by atoms with E-state index in [1.165, 1.54) is 6.07 Å². The van der Waals surface area contributed by atoms with E-state index in [1.54, 1.807) is 6.92 Å². The summed E-state index contributed by atoms with van der Waals surface area (Å²) in [5.74, 6) is 0. The second-order valence-electron chi connectivity index (χ2n) is 3.26. The van der Waals surface area contributed by atoms with Crippen molar-refractivity contribution in [2.24, 2.45) is 0 Å². The molecule has 2 N–H and O–H groups in total. The summed E-state index contributed by atoms with van der Waals surface area (Å²) in [5.41, 5.74) is 0.744. The number of aliphatic hydroxyl groups excluding tert-OH is 1. The molecule has 0 fully saturated rings. The van der Waals surface area contributed by atoms with E-state index in [4.69, 9.17) is 21.4 Å². The van der Waals surface area contributed by atoms with Crippen molar-refractivity contribution in [3.63, 3.8) is 0 Å². The molecule has 0 aliphatic heterocycles. The summed E-state index contributed by atoms with van der Waals surface area (Å²) in [6.45, 7) is 2.26. The Labute approximate surface area is 109 Å². The molecule has 8 heteroatoms. The number of rotatable bonds is 7. The van der Waals surface area contributed by atoms with E-state index >= 15 is 0 Å². The summed E-state index contributed by atoms with van der Waals surface area (Å²) in [6.07, 6.45) is 0. The average Bonchev–Trinajstić information content (AvgIpc) is 2.60. The Kier molecular flexibility index (Phi) is 5.84. The minimum Gasteiger partial charge on any atom is -0.394 e. The number of aryl methyl sites for hydroxylation is 1. The summed E-state index contributed by atoms with van der Waals surface area (Å²) in [7, 11) is -3.51. The maximum absolute atomic E-state index is 11.8. The van der Waals surface area contributed by atoms with Crippen LogP contribution in [0.15, 0.2) is 10.3 Å². The molecule has 0 aliphatic carbocycles. The Hall–Kier alpha value is -0.180. The Morgan fingerprint density at radius 1 is 1.53 bits per heavy atom. The number of hydrogen-bond donors (Lipinski definition) is 2. The molecule has 0 unspecified atom stereocenters. The Balaban J connectivity index is 2.51. The number of sulfonamides is 1. The highest BCUT2D eigenvalue weighted by Gasteiger charge is 2.17. The zero-order valence-corrected chi connectivity index (χ0v) is 11.7. The molecule has 1 rings (SSSR count). The minimum absolute atomic E-state index is 0.0769. The Bertz CT molecular complexity index is 438. The summed E-state index contributed by atoms with van der Waals surface area (Å²) in [4.78, 5) is 0. The first-order valence-corrected chi connectivity index (χ1v) is 7.59. The van der Waals surface area contributed by atoms with Crippen molar-refractivity contribution in [2.45, 2.75) is 11.1 Å². The molecule has 0 amide bonds. The van der Waals surface area contributed by atoms with Crippen molar-refractivity contribution in [1.29, 1.82) is 0 Å². The lowest BCUT2D eigenvalue weighted by Crippen LogP contribution is -2.27. The van der Waals surface area contributed by atoms with Gasteiger partial charge in [0.15, 0.2) is 0 Å². The highest BCUT2D eigenvalue weighted by molar-refractivity contribution is 7.91. The maximum Gasteiger partial charge on any atom is 0.250 e. The fourth-order valence-corrected chi connectivity index (χ4v) is 3.82. The van der Waals surface area contributed by atoms with Crippen LogP contribution in [-0.2, 0) is 14.8 Å². The summed E-state index contributed by atoms with van der Waals surface area (Å²) in [5, 5.41) is 8.46. The quantitative estimate of drug-likeness (QED) is 0.737. The Morgan fingerprint density at radius 2 is 2.24 bits per heavy atom. The van der Waals surface area contributed by atoms with Crippen LogP contribution in [0.25, 0.3) is 0 Å². The minimum atomic E-state index is -3.51. The van der Waals surface area contributed by atoms with Gasteiger partial charge in [-0.3, -0.25) is 0 Å². The smallest absolute Gasteiger partial charge is 0.250 e. The molecule has 1 heterocycles.